The fourth-order valence-corrected chi connectivity index (χ4v) is 2.70. The van der Waals surface area contributed by atoms with Crippen LogP contribution in [-0.2, 0) is 9.53 Å². The summed E-state index contributed by atoms with van der Waals surface area (Å²) in [4.78, 5) is 11.1. The summed E-state index contributed by atoms with van der Waals surface area (Å²) in [5.74, 6) is -0.224. The summed E-state index contributed by atoms with van der Waals surface area (Å²) >= 11 is 0. The Hall–Kier alpha value is -1.43. The fraction of sp³-hybridized carbons (Fsp3) is 0.682. The lowest BCUT2D eigenvalue weighted by molar-refractivity contribution is -0.140. The van der Waals surface area contributed by atoms with Gasteiger partial charge in [0.25, 0.3) is 0 Å². The fourth-order valence-electron chi connectivity index (χ4n) is 2.70. The molecule has 0 heterocycles. The van der Waals surface area contributed by atoms with Gasteiger partial charge in [0.2, 0.25) is 0 Å². The maximum absolute atomic E-state index is 11.1. The van der Waals surface area contributed by atoms with Gasteiger partial charge in [-0.3, -0.25) is 4.79 Å². The number of hydrogen-bond donors (Lipinski definition) is 3. The van der Waals surface area contributed by atoms with Crippen molar-refractivity contribution in [1.82, 2.24) is 0 Å². The van der Waals surface area contributed by atoms with Crippen molar-refractivity contribution in [1.29, 1.82) is 0 Å². The van der Waals surface area contributed by atoms with Crippen molar-refractivity contribution >= 4 is 5.97 Å². The first kappa shape index (κ1) is 25.6. The predicted molar refractivity (Wildman–Crippen MR) is 109 cm³/mol. The quantitative estimate of drug-likeness (QED) is 0.315. The first-order valence-electron chi connectivity index (χ1n) is 9.76. The van der Waals surface area contributed by atoms with Crippen LogP contribution in [0.4, 0.5) is 0 Å². The van der Waals surface area contributed by atoms with Gasteiger partial charge < -0.3 is 20.1 Å². The van der Waals surface area contributed by atoms with Gasteiger partial charge >= 0.3 is 5.97 Å². The second-order valence-electron chi connectivity index (χ2n) is 7.45. The van der Waals surface area contributed by atoms with Crippen LogP contribution in [0.2, 0.25) is 0 Å². The van der Waals surface area contributed by atoms with E-state index in [9.17, 15) is 15.0 Å². The number of allylic oxidation sites excluding steroid dienone is 2. The van der Waals surface area contributed by atoms with Crippen molar-refractivity contribution in [3.63, 3.8) is 0 Å². The molecule has 0 aromatic carbocycles. The Balaban J connectivity index is 4.50. The molecular formula is C22H38O5. The molecule has 0 rings (SSSR count). The molecule has 0 aromatic rings. The Morgan fingerprint density at radius 3 is 2.37 bits per heavy atom. The van der Waals surface area contributed by atoms with E-state index in [1.807, 2.05) is 13.8 Å². The number of carbonyl (C=O) groups is 1. The molecule has 0 aromatic heterocycles. The number of hydrogen-bond acceptors (Lipinski definition) is 5. The van der Waals surface area contributed by atoms with Crippen molar-refractivity contribution in [3.05, 3.63) is 35.5 Å². The van der Waals surface area contributed by atoms with Crippen molar-refractivity contribution in [2.24, 2.45) is 5.92 Å². The minimum Gasteiger partial charge on any atom is -0.461 e. The Morgan fingerprint density at radius 2 is 1.81 bits per heavy atom. The van der Waals surface area contributed by atoms with Gasteiger partial charge in [-0.25, -0.2) is 0 Å². The zero-order chi connectivity index (χ0) is 20.8. The van der Waals surface area contributed by atoms with Crippen LogP contribution in [0, 0.1) is 5.92 Å². The highest BCUT2D eigenvalue weighted by Crippen LogP contribution is 2.20. The molecule has 0 saturated carbocycles. The van der Waals surface area contributed by atoms with E-state index in [2.05, 4.69) is 12.7 Å². The van der Waals surface area contributed by atoms with E-state index >= 15 is 0 Å². The van der Waals surface area contributed by atoms with E-state index < -0.39 is 12.2 Å². The summed E-state index contributed by atoms with van der Waals surface area (Å²) in [7, 11) is 0. The lowest BCUT2D eigenvalue weighted by Crippen LogP contribution is -2.24. The number of ether oxygens (including phenoxy) is 1. The van der Waals surface area contributed by atoms with Gasteiger partial charge in [0.1, 0.15) is 6.61 Å². The molecule has 0 unspecified atom stereocenters. The van der Waals surface area contributed by atoms with Crippen LogP contribution >= 0.6 is 0 Å². The highest BCUT2D eigenvalue weighted by atomic mass is 16.5. The summed E-state index contributed by atoms with van der Waals surface area (Å²) in [5.41, 5.74) is 2.87. The Bertz CT molecular complexity index is 507. The molecule has 0 aliphatic carbocycles. The van der Waals surface area contributed by atoms with Crippen molar-refractivity contribution < 1.29 is 24.9 Å². The minimum absolute atomic E-state index is 0.0517. The van der Waals surface area contributed by atoms with Crippen LogP contribution in [0.3, 0.4) is 0 Å². The average molecular weight is 383 g/mol. The summed E-state index contributed by atoms with van der Waals surface area (Å²) < 4.78 is 5.14. The van der Waals surface area contributed by atoms with E-state index in [1.165, 1.54) is 6.92 Å². The first-order valence-corrected chi connectivity index (χ1v) is 9.76. The summed E-state index contributed by atoms with van der Waals surface area (Å²) in [5, 5.41) is 28.9. The van der Waals surface area contributed by atoms with Crippen LogP contribution in [0.15, 0.2) is 35.5 Å². The number of aliphatic hydroxyl groups excluding tert-OH is 3. The third-order valence-corrected chi connectivity index (χ3v) is 4.72. The third kappa shape index (κ3) is 13.4. The second-order valence-corrected chi connectivity index (χ2v) is 7.45. The molecule has 5 heteroatoms. The molecule has 0 amide bonds. The normalized spacial score (nSPS) is 16.0. The maximum Gasteiger partial charge on any atom is 0.302 e. The second kappa shape index (κ2) is 14.6. The molecule has 0 bridgehead atoms. The molecule has 0 aliphatic rings. The molecule has 0 spiro atoms. The first-order chi connectivity index (χ1) is 12.7. The highest BCUT2D eigenvalue weighted by Gasteiger charge is 2.18. The Kier molecular flexibility index (Phi) is 13.8. The van der Waals surface area contributed by atoms with Gasteiger partial charge in [0, 0.05) is 13.3 Å². The zero-order valence-electron chi connectivity index (χ0n) is 17.4. The largest absolute Gasteiger partial charge is 0.461 e. The van der Waals surface area contributed by atoms with Crippen LogP contribution < -0.4 is 0 Å². The van der Waals surface area contributed by atoms with Gasteiger partial charge in [-0.2, -0.15) is 0 Å². The zero-order valence-corrected chi connectivity index (χ0v) is 17.4. The van der Waals surface area contributed by atoms with E-state index in [0.717, 1.165) is 43.3 Å². The molecule has 0 saturated heterocycles. The molecule has 0 aliphatic heterocycles. The van der Waals surface area contributed by atoms with Crippen molar-refractivity contribution in [2.45, 2.75) is 78.4 Å². The van der Waals surface area contributed by atoms with Gasteiger partial charge in [0.15, 0.2) is 0 Å². The van der Waals surface area contributed by atoms with E-state index in [-0.39, 0.29) is 18.5 Å². The smallest absolute Gasteiger partial charge is 0.302 e. The highest BCUT2D eigenvalue weighted by molar-refractivity contribution is 5.66. The van der Waals surface area contributed by atoms with Crippen LogP contribution in [0.1, 0.15) is 66.2 Å². The molecular weight excluding hydrogens is 344 g/mol. The van der Waals surface area contributed by atoms with E-state index in [1.54, 1.807) is 13.0 Å². The molecule has 3 atom stereocenters. The van der Waals surface area contributed by atoms with Crippen molar-refractivity contribution in [2.75, 3.05) is 13.2 Å². The summed E-state index contributed by atoms with van der Waals surface area (Å²) in [6, 6.07) is 0. The summed E-state index contributed by atoms with van der Waals surface area (Å²) in [6.07, 6.45) is 7.16. The van der Waals surface area contributed by atoms with E-state index in [4.69, 9.17) is 9.84 Å². The number of carbonyl (C=O) groups excluding carboxylic acids is 1. The third-order valence-electron chi connectivity index (χ3n) is 4.72. The average Bonchev–Trinajstić information content (AvgIpc) is 2.58. The standard InChI is InChI=1S/C22H38O5/c1-16(2)21(25)14-22(26)18(4)9-7-11-20(15-27-19(5)24)10-6-8-17(3)12-13-23/h10,12,18,21-23,25-26H,1,6-9,11,13-15H2,2-5H3/b17-12+,20-10-/t18-,21+,22-/m1/s1. The molecule has 0 radical (unpaired) electrons. The molecule has 27 heavy (non-hydrogen) atoms. The van der Waals surface area contributed by atoms with E-state index in [0.29, 0.717) is 18.6 Å². The molecule has 156 valence electrons. The predicted octanol–water partition coefficient (Wildman–Crippen LogP) is 3.69. The van der Waals surface area contributed by atoms with Gasteiger partial charge in [-0.05, 0) is 57.4 Å². The van der Waals surface area contributed by atoms with Gasteiger partial charge in [0.05, 0.1) is 18.8 Å². The lowest BCUT2D eigenvalue weighted by Gasteiger charge is -2.22. The number of rotatable bonds is 14. The monoisotopic (exact) mass is 382 g/mol. The van der Waals surface area contributed by atoms with Crippen LogP contribution in [-0.4, -0.2) is 46.7 Å². The Morgan fingerprint density at radius 1 is 1.15 bits per heavy atom. The Labute approximate surface area is 164 Å². The number of aliphatic hydroxyl groups is 3. The SMILES string of the molecule is C=C(C)[C@@H](O)C[C@@H](O)[C@H](C)CCC/C(=C/CC/C(C)=C/CO)COC(C)=O. The van der Waals surface area contributed by atoms with Crippen LogP contribution in [0.5, 0.6) is 0 Å². The number of esters is 1. The minimum atomic E-state index is -0.669. The molecule has 0 fully saturated rings. The summed E-state index contributed by atoms with van der Waals surface area (Å²) in [6.45, 7) is 11.2. The topological polar surface area (TPSA) is 87.0 Å². The lowest BCUT2D eigenvalue weighted by atomic mass is 9.91. The van der Waals surface area contributed by atoms with Gasteiger partial charge in [-0.1, -0.05) is 36.8 Å². The molecule has 5 nitrogen and oxygen atoms in total. The van der Waals surface area contributed by atoms with Crippen LogP contribution in [0.25, 0.3) is 0 Å². The molecule has 3 N–H and O–H groups in total. The van der Waals surface area contributed by atoms with Gasteiger partial charge in [-0.15, -0.1) is 0 Å². The van der Waals surface area contributed by atoms with Crippen molar-refractivity contribution in [3.8, 4) is 0 Å². The maximum atomic E-state index is 11.1.